The van der Waals surface area contributed by atoms with Gasteiger partial charge in [0.2, 0.25) is 0 Å². The third-order valence-corrected chi connectivity index (χ3v) is 10.3. The maximum atomic E-state index is 14.2. The van der Waals surface area contributed by atoms with E-state index < -0.39 is 35.5 Å². The number of rotatable bonds is 12. The summed E-state index contributed by atoms with van der Waals surface area (Å²) in [5.74, 6) is -1.64. The summed E-state index contributed by atoms with van der Waals surface area (Å²) in [5.41, 5.74) is -0.610. The molecule has 0 amide bonds. The first-order chi connectivity index (χ1) is 19.6. The molecule has 15 heteroatoms. The molecule has 0 aliphatic carbocycles. The Kier molecular flexibility index (Phi) is 9.49. The number of hydrogen-bond donors (Lipinski definition) is 1. The molecule has 0 saturated heterocycles. The Hall–Kier alpha value is -3.71. The SMILES string of the molecule is N#Cc1ccc(OP(=O)(CNS(=O)(=O)c2cc3cc(OCCCCl)ccc3s2)Oc2ccc(C#N)c(F)c2)cc1F. The summed E-state index contributed by atoms with van der Waals surface area (Å²) >= 11 is 6.61. The van der Waals surface area contributed by atoms with E-state index in [0.717, 1.165) is 47.7 Å². The minimum atomic E-state index is -4.54. The molecular weight excluding hydrogens is 619 g/mol. The number of nitrogens with zero attached hydrogens (tertiary/aromatic N) is 2. The molecule has 0 fully saturated rings. The van der Waals surface area contributed by atoms with Crippen molar-refractivity contribution in [2.24, 2.45) is 0 Å². The van der Waals surface area contributed by atoms with Crippen molar-refractivity contribution in [1.82, 2.24) is 4.72 Å². The van der Waals surface area contributed by atoms with E-state index >= 15 is 0 Å². The molecule has 1 aromatic heterocycles. The van der Waals surface area contributed by atoms with Crippen molar-refractivity contribution in [2.45, 2.75) is 10.6 Å². The van der Waals surface area contributed by atoms with Crippen LogP contribution in [0.15, 0.2) is 64.9 Å². The third-order valence-electron chi connectivity index (χ3n) is 5.34. The molecule has 1 heterocycles. The second kappa shape index (κ2) is 12.9. The molecule has 0 radical (unpaired) electrons. The minimum Gasteiger partial charge on any atom is -0.494 e. The van der Waals surface area contributed by atoms with E-state index in [0.29, 0.717) is 34.7 Å². The van der Waals surface area contributed by atoms with Gasteiger partial charge in [0.25, 0.3) is 10.0 Å². The highest BCUT2D eigenvalue weighted by molar-refractivity contribution is 7.92. The number of thiophene rings is 1. The van der Waals surface area contributed by atoms with Crippen molar-refractivity contribution in [3.63, 3.8) is 0 Å². The fourth-order valence-corrected chi connectivity index (χ4v) is 7.93. The first kappa shape index (κ1) is 30.3. The number of alkyl halides is 1. The fraction of sp³-hybridized carbons (Fsp3) is 0.154. The molecule has 9 nitrogen and oxygen atoms in total. The number of ether oxygens (including phenoxy) is 1. The van der Waals surface area contributed by atoms with Gasteiger partial charge >= 0.3 is 7.60 Å². The van der Waals surface area contributed by atoms with Crippen LogP contribution in [0.4, 0.5) is 8.78 Å². The van der Waals surface area contributed by atoms with E-state index in [2.05, 4.69) is 4.72 Å². The van der Waals surface area contributed by atoms with Crippen LogP contribution in [-0.4, -0.2) is 27.2 Å². The maximum Gasteiger partial charge on any atom is 0.445 e. The zero-order valence-corrected chi connectivity index (χ0v) is 24.1. The van der Waals surface area contributed by atoms with Crippen LogP contribution in [0.1, 0.15) is 17.5 Å². The average Bonchev–Trinajstić information content (AvgIpc) is 3.37. The van der Waals surface area contributed by atoms with Crippen LogP contribution >= 0.6 is 30.5 Å². The van der Waals surface area contributed by atoms with Gasteiger partial charge in [-0.15, -0.1) is 22.9 Å². The third kappa shape index (κ3) is 7.53. The molecule has 0 saturated carbocycles. The molecule has 3 aromatic carbocycles. The predicted molar refractivity (Wildman–Crippen MR) is 149 cm³/mol. The number of nitriles is 2. The van der Waals surface area contributed by atoms with E-state index in [1.807, 2.05) is 0 Å². The summed E-state index contributed by atoms with van der Waals surface area (Å²) in [6.07, 6.45) is -0.291. The van der Waals surface area contributed by atoms with Crippen molar-refractivity contribution < 1.29 is 35.5 Å². The number of sulfonamides is 1. The van der Waals surface area contributed by atoms with Crippen molar-refractivity contribution in [1.29, 1.82) is 10.5 Å². The highest BCUT2D eigenvalue weighted by Gasteiger charge is 2.32. The Labute approximate surface area is 243 Å². The normalized spacial score (nSPS) is 11.5. The number of halogens is 3. The zero-order chi connectivity index (χ0) is 29.6. The smallest absolute Gasteiger partial charge is 0.445 e. The lowest BCUT2D eigenvalue weighted by Crippen LogP contribution is -2.26. The Balaban J connectivity index is 1.59. The molecule has 212 valence electrons. The molecule has 0 spiro atoms. The molecule has 4 aromatic rings. The summed E-state index contributed by atoms with van der Waals surface area (Å²) < 4.78 is 87.4. The van der Waals surface area contributed by atoms with Crippen LogP contribution in [0.3, 0.4) is 0 Å². The molecule has 0 unspecified atom stereocenters. The lowest BCUT2D eigenvalue weighted by atomic mass is 10.2. The van der Waals surface area contributed by atoms with E-state index in [1.165, 1.54) is 6.07 Å². The van der Waals surface area contributed by atoms with Crippen LogP contribution in [0, 0.1) is 34.3 Å². The maximum absolute atomic E-state index is 14.2. The second-order valence-electron chi connectivity index (χ2n) is 8.26. The van der Waals surface area contributed by atoms with Crippen molar-refractivity contribution >= 4 is 50.6 Å². The summed E-state index contributed by atoms with van der Waals surface area (Å²) in [4.78, 5) is 0. The van der Waals surface area contributed by atoms with Gasteiger partial charge in [-0.1, -0.05) is 0 Å². The van der Waals surface area contributed by atoms with Gasteiger partial charge in [0.15, 0.2) is 0 Å². The number of fused-ring (bicyclic) bond motifs is 1. The number of nitrogens with one attached hydrogen (secondary N) is 1. The summed E-state index contributed by atoms with van der Waals surface area (Å²) in [7, 11) is -8.81. The molecule has 0 aliphatic heterocycles. The quantitative estimate of drug-likeness (QED) is 0.105. The summed E-state index contributed by atoms with van der Waals surface area (Å²) in [6.45, 7) is 0.396. The highest BCUT2D eigenvalue weighted by Crippen LogP contribution is 2.48. The Morgan fingerprint density at radius 1 is 0.902 bits per heavy atom. The van der Waals surface area contributed by atoms with Gasteiger partial charge in [-0.25, -0.2) is 21.8 Å². The first-order valence-corrected chi connectivity index (χ1v) is 16.2. The van der Waals surface area contributed by atoms with Gasteiger partial charge in [0.1, 0.15) is 51.5 Å². The van der Waals surface area contributed by atoms with Crippen LogP contribution in [0.2, 0.25) is 0 Å². The molecule has 4 rings (SSSR count). The molecular formula is C26H19ClF2N3O6PS2. The molecule has 0 aliphatic rings. The number of hydrogen-bond acceptors (Lipinski definition) is 9. The first-order valence-electron chi connectivity index (χ1n) is 11.7. The molecule has 0 bridgehead atoms. The second-order valence-corrected chi connectivity index (χ2v) is 13.6. The molecule has 0 atom stereocenters. The average molecular weight is 638 g/mol. The van der Waals surface area contributed by atoms with Gasteiger partial charge in [-0.3, -0.25) is 0 Å². The van der Waals surface area contributed by atoms with Gasteiger partial charge in [-0.2, -0.15) is 15.2 Å². The monoisotopic (exact) mass is 637 g/mol. The minimum absolute atomic E-state index is 0.106. The van der Waals surface area contributed by atoms with E-state index in [4.69, 9.17) is 35.9 Å². The lowest BCUT2D eigenvalue weighted by molar-refractivity contribution is 0.319. The molecule has 41 heavy (non-hydrogen) atoms. The highest BCUT2D eigenvalue weighted by atomic mass is 35.5. The fourth-order valence-electron chi connectivity index (χ4n) is 3.39. The van der Waals surface area contributed by atoms with Crippen molar-refractivity contribution in [3.05, 3.63) is 83.4 Å². The Morgan fingerprint density at radius 2 is 1.49 bits per heavy atom. The van der Waals surface area contributed by atoms with Crippen molar-refractivity contribution in [3.8, 4) is 29.4 Å². The summed E-state index contributed by atoms with van der Waals surface area (Å²) in [5, 5.41) is 18.5. The van der Waals surface area contributed by atoms with Crippen LogP contribution < -0.4 is 18.5 Å². The van der Waals surface area contributed by atoms with Gasteiger partial charge < -0.3 is 13.8 Å². The van der Waals surface area contributed by atoms with E-state index in [9.17, 15) is 21.8 Å². The standard InChI is InChI=1S/C26H19ClF2N3O6PS2/c27-8-1-9-36-20-6-7-25-19(10-20)11-26(40-25)41(34,35)32-16-39(33,37-21-4-2-17(14-30)23(28)12-21)38-22-5-3-18(15-31)24(29)13-22/h2-7,10-13,32H,1,8-9,16H2. The Bertz CT molecular complexity index is 1770. The Morgan fingerprint density at radius 3 is 2.02 bits per heavy atom. The van der Waals surface area contributed by atoms with Crippen LogP contribution in [0.5, 0.6) is 17.2 Å². The number of benzene rings is 3. The van der Waals surface area contributed by atoms with Gasteiger partial charge in [0.05, 0.1) is 17.7 Å². The zero-order valence-electron chi connectivity index (χ0n) is 20.8. The van der Waals surface area contributed by atoms with Gasteiger partial charge in [0, 0.05) is 22.7 Å². The van der Waals surface area contributed by atoms with Crippen LogP contribution in [-0.2, 0) is 14.6 Å². The lowest BCUT2D eigenvalue weighted by Gasteiger charge is -2.20. The van der Waals surface area contributed by atoms with E-state index in [-0.39, 0.29) is 26.8 Å². The predicted octanol–water partition coefficient (Wildman–Crippen LogP) is 6.52. The van der Waals surface area contributed by atoms with Crippen molar-refractivity contribution in [2.75, 3.05) is 18.8 Å². The largest absolute Gasteiger partial charge is 0.494 e. The topological polar surface area (TPSA) is 139 Å². The summed E-state index contributed by atoms with van der Waals surface area (Å²) in [6, 6.07) is 15.7. The molecule has 1 N–H and O–H groups in total. The van der Waals surface area contributed by atoms with Gasteiger partial charge in [-0.05, 0) is 60.3 Å². The van der Waals surface area contributed by atoms with E-state index in [1.54, 1.807) is 30.3 Å². The van der Waals surface area contributed by atoms with Crippen LogP contribution in [0.25, 0.3) is 10.1 Å².